The van der Waals surface area contributed by atoms with E-state index in [1.54, 1.807) is 0 Å². The molecule has 0 spiro atoms. The molecule has 104 valence electrons. The lowest BCUT2D eigenvalue weighted by Crippen LogP contribution is -2.45. The molecule has 0 aliphatic rings. The molecule has 1 aromatic rings. The largest absolute Gasteiger partial charge is 0.508 e. The lowest BCUT2D eigenvalue weighted by atomic mass is 10.1. The zero-order valence-electron chi connectivity index (χ0n) is 11.3. The molecular weight excluding hydrogens is 246 g/mol. The van der Waals surface area contributed by atoms with Crippen LogP contribution in [0.1, 0.15) is 31.1 Å². The summed E-state index contributed by atoms with van der Waals surface area (Å²) in [5.41, 5.74) is 5.66. The van der Waals surface area contributed by atoms with E-state index in [9.17, 15) is 14.7 Å². The van der Waals surface area contributed by atoms with Gasteiger partial charge in [0.2, 0.25) is 5.91 Å². The van der Waals surface area contributed by atoms with E-state index < -0.39 is 5.91 Å². The summed E-state index contributed by atoms with van der Waals surface area (Å²) in [4.78, 5) is 23.3. The highest BCUT2D eigenvalue weighted by atomic mass is 16.3. The quantitative estimate of drug-likeness (QED) is 0.475. The number of benzene rings is 1. The Hall–Kier alpha value is -2.24. The Labute approximate surface area is 112 Å². The highest BCUT2D eigenvalue weighted by Gasteiger charge is 2.15. The number of carbonyl (C=O) groups is 2. The third-order valence-corrected chi connectivity index (χ3v) is 2.21. The van der Waals surface area contributed by atoms with Gasteiger partial charge in [0, 0.05) is 11.2 Å². The van der Waals surface area contributed by atoms with Crippen LogP contribution in [-0.2, 0) is 4.79 Å². The molecule has 0 atom stereocenters. The van der Waals surface area contributed by atoms with Crippen LogP contribution in [0.2, 0.25) is 0 Å². The molecule has 0 fully saturated rings. The van der Waals surface area contributed by atoms with E-state index in [0.717, 1.165) is 0 Å². The summed E-state index contributed by atoms with van der Waals surface area (Å²) in [6.45, 7) is 5.39. The summed E-state index contributed by atoms with van der Waals surface area (Å²) in [5.74, 6) is -0.851. The van der Waals surface area contributed by atoms with Crippen molar-refractivity contribution in [3.05, 3.63) is 23.8 Å². The van der Waals surface area contributed by atoms with Gasteiger partial charge < -0.3 is 21.5 Å². The van der Waals surface area contributed by atoms with Crippen LogP contribution in [0.4, 0.5) is 5.69 Å². The second-order valence-electron chi connectivity index (χ2n) is 5.25. The van der Waals surface area contributed by atoms with Gasteiger partial charge in [0.15, 0.2) is 0 Å². The van der Waals surface area contributed by atoms with Gasteiger partial charge in [-0.2, -0.15) is 0 Å². The summed E-state index contributed by atoms with van der Waals surface area (Å²) < 4.78 is 0. The summed E-state index contributed by atoms with van der Waals surface area (Å²) in [5, 5.41) is 14.5. The number of rotatable bonds is 3. The van der Waals surface area contributed by atoms with Crippen LogP contribution in [0.15, 0.2) is 18.2 Å². The van der Waals surface area contributed by atoms with E-state index >= 15 is 0 Å². The minimum atomic E-state index is -0.502. The fourth-order valence-corrected chi connectivity index (χ4v) is 1.46. The Morgan fingerprint density at radius 2 is 1.95 bits per heavy atom. The third-order valence-electron chi connectivity index (χ3n) is 2.21. The first-order valence-electron chi connectivity index (χ1n) is 5.87. The molecule has 0 aliphatic heterocycles. The van der Waals surface area contributed by atoms with Crippen molar-refractivity contribution in [2.24, 2.45) is 0 Å². The van der Waals surface area contributed by atoms with Crippen LogP contribution in [0.25, 0.3) is 0 Å². The van der Waals surface area contributed by atoms with Gasteiger partial charge in [0.25, 0.3) is 5.91 Å². The molecule has 1 aromatic carbocycles. The molecule has 19 heavy (non-hydrogen) atoms. The maximum Gasteiger partial charge on any atom is 0.253 e. The third kappa shape index (κ3) is 4.87. The minimum absolute atomic E-state index is 0.0570. The van der Waals surface area contributed by atoms with Crippen LogP contribution >= 0.6 is 0 Å². The lowest BCUT2D eigenvalue weighted by Gasteiger charge is -2.20. The van der Waals surface area contributed by atoms with Gasteiger partial charge in [0.05, 0.1) is 12.1 Å². The second-order valence-corrected chi connectivity index (χ2v) is 5.25. The molecule has 5 N–H and O–H groups in total. The summed E-state index contributed by atoms with van der Waals surface area (Å²) in [6.07, 6.45) is 0. The van der Waals surface area contributed by atoms with E-state index in [1.807, 2.05) is 20.8 Å². The Kier molecular flexibility index (Phi) is 4.37. The van der Waals surface area contributed by atoms with E-state index in [1.165, 1.54) is 18.2 Å². The Morgan fingerprint density at radius 3 is 2.53 bits per heavy atom. The van der Waals surface area contributed by atoms with Crippen LogP contribution < -0.4 is 16.4 Å². The molecule has 0 aliphatic carbocycles. The molecule has 0 saturated carbocycles. The number of nitrogens with one attached hydrogen (secondary N) is 2. The van der Waals surface area contributed by atoms with E-state index in [0.29, 0.717) is 0 Å². The number of amides is 2. The maximum absolute atomic E-state index is 11.8. The monoisotopic (exact) mass is 265 g/mol. The summed E-state index contributed by atoms with van der Waals surface area (Å²) >= 11 is 0. The fraction of sp³-hybridized carbons (Fsp3) is 0.385. The number of hydrogen-bond donors (Lipinski definition) is 4. The molecule has 1 rings (SSSR count). The number of phenolic OH excluding ortho intramolecular Hbond substituents is 1. The van der Waals surface area contributed by atoms with Crippen molar-refractivity contribution in [2.45, 2.75) is 26.3 Å². The van der Waals surface area contributed by atoms with E-state index in [4.69, 9.17) is 5.73 Å². The smallest absolute Gasteiger partial charge is 0.253 e. The Morgan fingerprint density at radius 1 is 1.32 bits per heavy atom. The molecule has 2 amide bonds. The van der Waals surface area contributed by atoms with Crippen molar-refractivity contribution in [3.8, 4) is 5.75 Å². The number of carbonyl (C=O) groups excluding carboxylic acids is 2. The minimum Gasteiger partial charge on any atom is -0.508 e. The van der Waals surface area contributed by atoms with Crippen molar-refractivity contribution in [1.29, 1.82) is 0 Å². The van der Waals surface area contributed by atoms with Crippen molar-refractivity contribution >= 4 is 17.5 Å². The molecule has 0 heterocycles. The van der Waals surface area contributed by atoms with Gasteiger partial charge in [-0.05, 0) is 39.0 Å². The predicted molar refractivity (Wildman–Crippen MR) is 72.7 cm³/mol. The van der Waals surface area contributed by atoms with Crippen LogP contribution in [0, 0.1) is 0 Å². The van der Waals surface area contributed by atoms with Gasteiger partial charge in [-0.3, -0.25) is 9.59 Å². The first-order valence-corrected chi connectivity index (χ1v) is 5.87. The van der Waals surface area contributed by atoms with E-state index in [-0.39, 0.29) is 35.0 Å². The molecular formula is C13H19N3O3. The van der Waals surface area contributed by atoms with Gasteiger partial charge >= 0.3 is 0 Å². The number of phenols is 1. The van der Waals surface area contributed by atoms with Gasteiger partial charge in [-0.1, -0.05) is 0 Å². The number of anilines is 1. The number of hydrogen-bond acceptors (Lipinski definition) is 4. The Balaban J connectivity index is 2.61. The average Bonchev–Trinajstić information content (AvgIpc) is 2.27. The molecule has 0 radical (unpaired) electrons. The second kappa shape index (κ2) is 5.60. The van der Waals surface area contributed by atoms with Crippen LogP contribution in [0.5, 0.6) is 5.75 Å². The maximum atomic E-state index is 11.8. The van der Waals surface area contributed by atoms with Gasteiger partial charge in [0.1, 0.15) is 5.75 Å². The zero-order valence-corrected chi connectivity index (χ0v) is 11.3. The van der Waals surface area contributed by atoms with Gasteiger partial charge in [-0.15, -0.1) is 0 Å². The van der Waals surface area contributed by atoms with Crippen molar-refractivity contribution in [1.82, 2.24) is 10.6 Å². The zero-order chi connectivity index (χ0) is 14.6. The average molecular weight is 265 g/mol. The molecule has 0 bridgehead atoms. The lowest BCUT2D eigenvalue weighted by molar-refractivity contribution is -0.121. The first-order chi connectivity index (χ1) is 8.69. The number of aromatic hydroxyl groups is 1. The van der Waals surface area contributed by atoms with Crippen LogP contribution in [0.3, 0.4) is 0 Å². The number of nitrogen functional groups attached to an aromatic ring is 1. The van der Waals surface area contributed by atoms with E-state index in [2.05, 4.69) is 10.6 Å². The molecule has 6 nitrogen and oxygen atoms in total. The van der Waals surface area contributed by atoms with Crippen LogP contribution in [-0.4, -0.2) is 29.0 Å². The highest BCUT2D eigenvalue weighted by Crippen LogP contribution is 2.18. The normalized spacial score (nSPS) is 10.9. The van der Waals surface area contributed by atoms with Crippen molar-refractivity contribution in [2.75, 3.05) is 12.3 Å². The topological polar surface area (TPSA) is 104 Å². The fourth-order valence-electron chi connectivity index (χ4n) is 1.46. The molecule has 0 aromatic heterocycles. The molecule has 0 unspecified atom stereocenters. The van der Waals surface area contributed by atoms with Crippen molar-refractivity contribution < 1.29 is 14.7 Å². The number of nitrogens with two attached hydrogens (primary N) is 1. The molecule has 6 heteroatoms. The SMILES string of the molecule is CC(C)(C)NC(=O)CNC(=O)c1cc(O)ccc1N. The highest BCUT2D eigenvalue weighted by molar-refractivity contribution is 6.01. The first kappa shape index (κ1) is 14.8. The standard InChI is InChI=1S/C13H19N3O3/c1-13(2,3)16-11(18)7-15-12(19)9-6-8(17)4-5-10(9)14/h4-6,17H,7,14H2,1-3H3,(H,15,19)(H,16,18). The van der Waals surface area contributed by atoms with Gasteiger partial charge in [-0.25, -0.2) is 0 Å². The predicted octanol–water partition coefficient (Wildman–Crippen LogP) is 0.619. The summed E-state index contributed by atoms with van der Waals surface area (Å²) in [7, 11) is 0. The van der Waals surface area contributed by atoms with Crippen molar-refractivity contribution in [3.63, 3.8) is 0 Å². The Bertz CT molecular complexity index is 492. The molecule has 0 saturated heterocycles. The summed E-state index contributed by atoms with van der Waals surface area (Å²) in [6, 6.07) is 4.07.